The number of benzene rings is 1. The molecular weight excluding hydrogens is 290 g/mol. The highest BCUT2D eigenvalue weighted by Gasteiger charge is 2.40. The third-order valence-corrected chi connectivity index (χ3v) is 4.80. The summed E-state index contributed by atoms with van der Waals surface area (Å²) in [5.74, 6) is -0.818. The van der Waals surface area contributed by atoms with Crippen molar-refractivity contribution in [2.45, 2.75) is 33.1 Å². The molecule has 5 heteroatoms. The third-order valence-electron chi connectivity index (χ3n) is 4.57. The molecule has 21 heavy (non-hydrogen) atoms. The van der Waals surface area contributed by atoms with E-state index in [1.54, 1.807) is 17.0 Å². The first-order valence-electron chi connectivity index (χ1n) is 7.18. The van der Waals surface area contributed by atoms with Gasteiger partial charge in [-0.1, -0.05) is 24.6 Å². The van der Waals surface area contributed by atoms with Crippen LogP contribution in [0.25, 0.3) is 0 Å². The summed E-state index contributed by atoms with van der Waals surface area (Å²) >= 11 is 5.96. The number of amides is 1. The van der Waals surface area contributed by atoms with Crippen LogP contribution in [0.3, 0.4) is 0 Å². The van der Waals surface area contributed by atoms with Crippen molar-refractivity contribution >= 4 is 23.5 Å². The molecule has 1 saturated heterocycles. The highest BCUT2D eigenvalue weighted by molar-refractivity contribution is 6.31. The van der Waals surface area contributed by atoms with Gasteiger partial charge < -0.3 is 10.0 Å². The lowest BCUT2D eigenvalue weighted by molar-refractivity contribution is -0.152. The first-order valence-corrected chi connectivity index (χ1v) is 7.56. The third kappa shape index (κ3) is 3.05. The van der Waals surface area contributed by atoms with Gasteiger partial charge in [0, 0.05) is 23.7 Å². The van der Waals surface area contributed by atoms with Crippen LogP contribution in [-0.2, 0) is 4.79 Å². The Balaban J connectivity index is 2.13. The molecule has 114 valence electrons. The van der Waals surface area contributed by atoms with Gasteiger partial charge in [0.2, 0.25) is 0 Å². The van der Waals surface area contributed by atoms with Crippen LogP contribution in [0.1, 0.15) is 42.1 Å². The van der Waals surface area contributed by atoms with E-state index in [4.69, 9.17) is 11.6 Å². The molecule has 1 aliphatic rings. The molecule has 2 rings (SSSR count). The number of likely N-dealkylation sites (tertiary alicyclic amines) is 1. The molecular formula is C16H20ClNO3. The molecule has 1 heterocycles. The molecule has 0 atom stereocenters. The smallest absolute Gasteiger partial charge is 0.309 e. The molecule has 1 N–H and O–H groups in total. The summed E-state index contributed by atoms with van der Waals surface area (Å²) in [6.07, 6.45) is 1.61. The Morgan fingerprint density at radius 1 is 1.33 bits per heavy atom. The van der Waals surface area contributed by atoms with Crippen molar-refractivity contribution in [1.29, 1.82) is 0 Å². The summed E-state index contributed by atoms with van der Waals surface area (Å²) in [4.78, 5) is 25.7. The number of aryl methyl sites for hydroxylation is 1. The molecule has 1 aromatic rings. The minimum Gasteiger partial charge on any atom is -0.481 e. The quantitative estimate of drug-likeness (QED) is 0.931. The van der Waals surface area contributed by atoms with Crippen molar-refractivity contribution in [2.75, 3.05) is 13.1 Å². The number of piperidine rings is 1. The van der Waals surface area contributed by atoms with Crippen molar-refractivity contribution in [3.63, 3.8) is 0 Å². The topological polar surface area (TPSA) is 57.6 Å². The van der Waals surface area contributed by atoms with E-state index in [0.29, 0.717) is 42.9 Å². The molecule has 0 bridgehead atoms. The summed E-state index contributed by atoms with van der Waals surface area (Å²) in [5, 5.41) is 9.93. The zero-order chi connectivity index (χ0) is 15.6. The standard InChI is InChI=1S/C16H20ClNO3/c1-3-16(15(20)21)6-8-18(9-7-16)14(19)13-10-12(17)5-4-11(13)2/h4-5,10H,3,6-9H2,1-2H3,(H,20,21). The Kier molecular flexibility index (Phi) is 4.57. The number of halogens is 1. The lowest BCUT2D eigenvalue weighted by atomic mass is 9.76. The van der Waals surface area contributed by atoms with Crippen molar-refractivity contribution < 1.29 is 14.7 Å². The molecule has 1 aromatic carbocycles. The second-order valence-electron chi connectivity index (χ2n) is 5.69. The average molecular weight is 310 g/mol. The van der Waals surface area contributed by atoms with Crippen molar-refractivity contribution in [1.82, 2.24) is 4.90 Å². The van der Waals surface area contributed by atoms with E-state index in [-0.39, 0.29) is 5.91 Å². The normalized spacial score (nSPS) is 17.6. The summed E-state index contributed by atoms with van der Waals surface area (Å²) in [7, 11) is 0. The van der Waals surface area contributed by atoms with Crippen molar-refractivity contribution in [3.8, 4) is 0 Å². The van der Waals surface area contributed by atoms with Crippen LogP contribution in [0.5, 0.6) is 0 Å². The van der Waals surface area contributed by atoms with Crippen LogP contribution in [-0.4, -0.2) is 35.0 Å². The van der Waals surface area contributed by atoms with E-state index in [0.717, 1.165) is 5.56 Å². The second kappa shape index (κ2) is 6.06. The SMILES string of the molecule is CCC1(C(=O)O)CCN(C(=O)c2cc(Cl)ccc2C)CC1. The Hall–Kier alpha value is -1.55. The zero-order valence-electron chi connectivity index (χ0n) is 12.4. The number of carbonyl (C=O) groups excluding carboxylic acids is 1. The highest BCUT2D eigenvalue weighted by atomic mass is 35.5. The second-order valence-corrected chi connectivity index (χ2v) is 6.13. The van der Waals surface area contributed by atoms with Crippen molar-refractivity contribution in [2.24, 2.45) is 5.41 Å². The largest absolute Gasteiger partial charge is 0.481 e. The maximum absolute atomic E-state index is 12.6. The number of carboxylic acid groups (broad SMARTS) is 1. The van der Waals surface area contributed by atoms with E-state index < -0.39 is 11.4 Å². The van der Waals surface area contributed by atoms with Gasteiger partial charge in [0.05, 0.1) is 5.41 Å². The molecule has 0 spiro atoms. The summed E-state index contributed by atoms with van der Waals surface area (Å²) in [6.45, 7) is 4.73. The first-order chi connectivity index (χ1) is 9.89. The summed E-state index contributed by atoms with van der Waals surface area (Å²) < 4.78 is 0. The van der Waals surface area contributed by atoms with Gasteiger partial charge >= 0.3 is 5.97 Å². The Labute approximate surface area is 129 Å². The molecule has 0 aromatic heterocycles. The summed E-state index contributed by atoms with van der Waals surface area (Å²) in [5.41, 5.74) is 0.803. The van der Waals surface area contributed by atoms with Crippen molar-refractivity contribution in [3.05, 3.63) is 34.3 Å². The molecule has 1 fully saturated rings. The van der Waals surface area contributed by atoms with Gasteiger partial charge in [0.1, 0.15) is 0 Å². The van der Waals surface area contributed by atoms with Gasteiger partial charge in [-0.3, -0.25) is 9.59 Å². The van der Waals surface area contributed by atoms with Crippen LogP contribution in [0.2, 0.25) is 5.02 Å². The van der Waals surface area contributed by atoms with Gasteiger partial charge in [0.15, 0.2) is 0 Å². The van der Waals surface area contributed by atoms with Gasteiger partial charge in [-0.25, -0.2) is 0 Å². The molecule has 0 radical (unpaired) electrons. The van der Waals surface area contributed by atoms with E-state index >= 15 is 0 Å². The van der Waals surface area contributed by atoms with E-state index in [2.05, 4.69) is 0 Å². The van der Waals surface area contributed by atoms with Crippen LogP contribution in [0, 0.1) is 12.3 Å². The van der Waals surface area contributed by atoms with Gasteiger partial charge in [-0.05, 0) is 43.9 Å². The predicted octanol–water partition coefficient (Wildman–Crippen LogP) is 3.37. The Bertz CT molecular complexity index is 563. The molecule has 0 unspecified atom stereocenters. The number of hydrogen-bond donors (Lipinski definition) is 1. The summed E-state index contributed by atoms with van der Waals surface area (Å²) in [6, 6.07) is 5.27. The number of carboxylic acids is 1. The fourth-order valence-electron chi connectivity index (χ4n) is 2.85. The fourth-order valence-corrected chi connectivity index (χ4v) is 3.02. The maximum Gasteiger partial charge on any atom is 0.309 e. The van der Waals surface area contributed by atoms with Crippen LogP contribution in [0.4, 0.5) is 0 Å². The lowest BCUT2D eigenvalue weighted by Gasteiger charge is -2.38. The number of hydrogen-bond acceptors (Lipinski definition) is 2. The predicted molar refractivity (Wildman–Crippen MR) is 81.7 cm³/mol. The minimum absolute atomic E-state index is 0.0647. The van der Waals surface area contributed by atoms with Gasteiger partial charge in [-0.2, -0.15) is 0 Å². The Morgan fingerprint density at radius 2 is 1.95 bits per heavy atom. The van der Waals surface area contributed by atoms with Crippen LogP contribution in [0.15, 0.2) is 18.2 Å². The number of carbonyl (C=O) groups is 2. The molecule has 1 aliphatic heterocycles. The van der Waals surface area contributed by atoms with E-state index in [1.807, 2.05) is 19.9 Å². The number of aliphatic carboxylic acids is 1. The monoisotopic (exact) mass is 309 g/mol. The highest BCUT2D eigenvalue weighted by Crippen LogP contribution is 2.35. The van der Waals surface area contributed by atoms with E-state index in [1.165, 1.54) is 0 Å². The van der Waals surface area contributed by atoms with Gasteiger partial charge in [0.25, 0.3) is 5.91 Å². The van der Waals surface area contributed by atoms with Crippen LogP contribution < -0.4 is 0 Å². The average Bonchev–Trinajstić information content (AvgIpc) is 2.49. The maximum atomic E-state index is 12.6. The molecule has 0 saturated carbocycles. The molecule has 1 amide bonds. The minimum atomic E-state index is -0.754. The molecule has 4 nitrogen and oxygen atoms in total. The first kappa shape index (κ1) is 15.8. The van der Waals surface area contributed by atoms with Gasteiger partial charge in [-0.15, -0.1) is 0 Å². The fraction of sp³-hybridized carbons (Fsp3) is 0.500. The number of nitrogens with zero attached hydrogens (tertiary/aromatic N) is 1. The van der Waals surface area contributed by atoms with Crippen LogP contribution >= 0.6 is 11.6 Å². The number of rotatable bonds is 3. The van der Waals surface area contributed by atoms with E-state index in [9.17, 15) is 14.7 Å². The Morgan fingerprint density at radius 3 is 2.48 bits per heavy atom. The zero-order valence-corrected chi connectivity index (χ0v) is 13.1. The molecule has 0 aliphatic carbocycles. The lowest BCUT2D eigenvalue weighted by Crippen LogP contribution is -2.46.